The van der Waals surface area contributed by atoms with E-state index in [-0.39, 0.29) is 0 Å². The van der Waals surface area contributed by atoms with Crippen molar-refractivity contribution < 1.29 is 14.3 Å². The van der Waals surface area contributed by atoms with Crippen LogP contribution in [0.3, 0.4) is 0 Å². The lowest BCUT2D eigenvalue weighted by molar-refractivity contribution is -0.123. The summed E-state index contributed by atoms with van der Waals surface area (Å²) < 4.78 is 5.53. The van der Waals surface area contributed by atoms with Crippen molar-refractivity contribution in [3.63, 3.8) is 0 Å². The number of esters is 1. The van der Waals surface area contributed by atoms with Gasteiger partial charge in [0.05, 0.1) is 16.3 Å². The number of halogens is 2. The van der Waals surface area contributed by atoms with E-state index < -0.39 is 18.0 Å². The highest BCUT2D eigenvalue weighted by molar-refractivity contribution is 6.36. The van der Waals surface area contributed by atoms with Gasteiger partial charge in [-0.05, 0) is 52.7 Å². The third-order valence-electron chi connectivity index (χ3n) is 4.82. The van der Waals surface area contributed by atoms with Gasteiger partial charge in [-0.2, -0.15) is 0 Å². The first kappa shape index (κ1) is 20.2. The zero-order valence-corrected chi connectivity index (χ0v) is 17.5. The number of carbonyl (C=O) groups excluding carboxylic acids is 2. The highest BCUT2D eigenvalue weighted by Crippen LogP contribution is 2.30. The second kappa shape index (κ2) is 8.34. The molecule has 6 heteroatoms. The summed E-state index contributed by atoms with van der Waals surface area (Å²) in [7, 11) is 0. The van der Waals surface area contributed by atoms with E-state index in [0.717, 1.165) is 21.5 Å². The number of benzene rings is 4. The average Bonchev–Trinajstić information content (AvgIpc) is 2.73. The monoisotopic (exact) mass is 437 g/mol. The lowest BCUT2D eigenvalue weighted by atomic mass is 9.97. The Balaban J connectivity index is 1.63. The molecule has 0 spiro atoms. The van der Waals surface area contributed by atoms with Crippen molar-refractivity contribution in [2.75, 3.05) is 5.32 Å². The van der Waals surface area contributed by atoms with E-state index >= 15 is 0 Å². The van der Waals surface area contributed by atoms with Crippen LogP contribution in [0, 0.1) is 0 Å². The molecule has 0 saturated heterocycles. The molecule has 0 aliphatic rings. The molecule has 4 aromatic rings. The lowest BCUT2D eigenvalue weighted by Crippen LogP contribution is -2.30. The van der Waals surface area contributed by atoms with E-state index in [1.54, 1.807) is 12.1 Å². The summed E-state index contributed by atoms with van der Waals surface area (Å²) in [6, 6.07) is 22.0. The van der Waals surface area contributed by atoms with Gasteiger partial charge in [0.15, 0.2) is 6.10 Å². The fourth-order valence-corrected chi connectivity index (χ4v) is 3.79. The second-order valence-electron chi connectivity index (χ2n) is 6.85. The van der Waals surface area contributed by atoms with Gasteiger partial charge in [-0.1, -0.05) is 71.7 Å². The molecule has 0 unspecified atom stereocenters. The molecule has 0 aliphatic carbocycles. The summed E-state index contributed by atoms with van der Waals surface area (Å²) >= 11 is 12.0. The third kappa shape index (κ3) is 3.97. The van der Waals surface area contributed by atoms with Crippen LogP contribution in [0.5, 0.6) is 0 Å². The van der Waals surface area contributed by atoms with Gasteiger partial charge in [0.1, 0.15) is 0 Å². The Kier molecular flexibility index (Phi) is 5.62. The van der Waals surface area contributed by atoms with Crippen LogP contribution in [-0.2, 0) is 9.53 Å². The smallest absolute Gasteiger partial charge is 0.340 e. The predicted octanol–water partition coefficient (Wildman–Crippen LogP) is 6.48. The highest BCUT2D eigenvalue weighted by atomic mass is 35.5. The van der Waals surface area contributed by atoms with Gasteiger partial charge in [-0.15, -0.1) is 0 Å². The van der Waals surface area contributed by atoms with Gasteiger partial charge in [-0.25, -0.2) is 4.79 Å². The first-order valence-electron chi connectivity index (χ1n) is 9.31. The number of ether oxygens (including phenoxy) is 1. The van der Waals surface area contributed by atoms with Gasteiger partial charge >= 0.3 is 5.97 Å². The molecule has 0 fully saturated rings. The molecule has 30 heavy (non-hydrogen) atoms. The molecule has 4 rings (SSSR count). The van der Waals surface area contributed by atoms with Crippen LogP contribution in [0.1, 0.15) is 17.3 Å². The molecule has 0 bridgehead atoms. The van der Waals surface area contributed by atoms with Crippen LogP contribution in [-0.4, -0.2) is 18.0 Å². The van der Waals surface area contributed by atoms with E-state index in [1.807, 2.05) is 54.6 Å². The van der Waals surface area contributed by atoms with Crippen molar-refractivity contribution in [3.8, 4) is 0 Å². The fraction of sp³-hybridized carbons (Fsp3) is 0.0833. The minimum atomic E-state index is -1.03. The number of hydrogen-bond donors (Lipinski definition) is 1. The molecule has 0 aromatic heterocycles. The largest absolute Gasteiger partial charge is 0.449 e. The number of rotatable bonds is 4. The maximum absolute atomic E-state index is 13.1. The zero-order valence-electron chi connectivity index (χ0n) is 16.0. The van der Waals surface area contributed by atoms with Crippen LogP contribution in [0.15, 0.2) is 72.8 Å². The predicted molar refractivity (Wildman–Crippen MR) is 121 cm³/mol. The Labute approximate surface area is 183 Å². The first-order chi connectivity index (χ1) is 14.4. The minimum absolute atomic E-state index is 0.300. The molecular formula is C24H17Cl2NO3. The molecule has 1 N–H and O–H groups in total. The molecule has 0 heterocycles. The molecule has 4 nitrogen and oxygen atoms in total. The Morgan fingerprint density at radius 1 is 0.867 bits per heavy atom. The Hall–Kier alpha value is -3.08. The van der Waals surface area contributed by atoms with Crippen molar-refractivity contribution in [2.45, 2.75) is 13.0 Å². The number of anilines is 1. The van der Waals surface area contributed by atoms with E-state index in [2.05, 4.69) is 5.32 Å². The van der Waals surface area contributed by atoms with E-state index in [0.29, 0.717) is 21.3 Å². The topological polar surface area (TPSA) is 55.4 Å². The Morgan fingerprint density at radius 3 is 2.07 bits per heavy atom. The van der Waals surface area contributed by atoms with Crippen LogP contribution in [0.2, 0.25) is 10.0 Å². The van der Waals surface area contributed by atoms with Crippen molar-refractivity contribution in [1.82, 2.24) is 0 Å². The van der Waals surface area contributed by atoms with E-state index in [1.165, 1.54) is 13.0 Å². The summed E-state index contributed by atoms with van der Waals surface area (Å²) in [5.41, 5.74) is 0.831. The van der Waals surface area contributed by atoms with E-state index in [9.17, 15) is 9.59 Å². The van der Waals surface area contributed by atoms with Crippen molar-refractivity contribution in [1.29, 1.82) is 0 Å². The minimum Gasteiger partial charge on any atom is -0.449 e. The van der Waals surface area contributed by atoms with Gasteiger partial charge in [0.2, 0.25) is 0 Å². The maximum Gasteiger partial charge on any atom is 0.340 e. The maximum atomic E-state index is 13.1. The molecule has 0 aliphatic heterocycles. The molecule has 0 radical (unpaired) electrons. The molecule has 1 atom stereocenters. The standard InChI is InChI=1S/C24H17Cl2NO3/c1-14(23(28)27-21-11-10-17(25)13-20(21)26)30-24(29)22-18-8-4-2-6-15(18)12-16-7-3-5-9-19(16)22/h2-14H,1H3,(H,27,28)/t14-/m1/s1. The van der Waals surface area contributed by atoms with E-state index in [4.69, 9.17) is 27.9 Å². The Bertz CT molecular complexity index is 1230. The number of amides is 1. The summed E-state index contributed by atoms with van der Waals surface area (Å²) in [5, 5.41) is 6.81. The Morgan fingerprint density at radius 2 is 1.47 bits per heavy atom. The molecule has 1 amide bonds. The molecule has 4 aromatic carbocycles. The van der Waals surface area contributed by atoms with Crippen LogP contribution >= 0.6 is 23.2 Å². The van der Waals surface area contributed by atoms with Crippen LogP contribution < -0.4 is 5.32 Å². The number of hydrogen-bond acceptors (Lipinski definition) is 3. The number of fused-ring (bicyclic) bond motifs is 2. The van der Waals surface area contributed by atoms with Gasteiger partial charge in [0, 0.05) is 5.02 Å². The first-order valence-corrected chi connectivity index (χ1v) is 10.1. The molecule has 0 saturated carbocycles. The van der Waals surface area contributed by atoms with Gasteiger partial charge in [0.25, 0.3) is 5.91 Å². The summed E-state index contributed by atoms with van der Waals surface area (Å²) in [5.74, 6) is -1.05. The number of nitrogens with one attached hydrogen (secondary N) is 1. The second-order valence-corrected chi connectivity index (χ2v) is 7.70. The highest BCUT2D eigenvalue weighted by Gasteiger charge is 2.23. The fourth-order valence-electron chi connectivity index (χ4n) is 3.33. The van der Waals surface area contributed by atoms with Gasteiger partial charge in [-0.3, -0.25) is 4.79 Å². The quantitative estimate of drug-likeness (QED) is 0.293. The van der Waals surface area contributed by atoms with Gasteiger partial charge < -0.3 is 10.1 Å². The summed E-state index contributed by atoms with van der Waals surface area (Å²) in [6.07, 6.45) is -1.03. The normalized spacial score (nSPS) is 12.0. The zero-order chi connectivity index (χ0) is 21.3. The number of carbonyl (C=O) groups is 2. The van der Waals surface area contributed by atoms with Crippen molar-refractivity contribution in [2.24, 2.45) is 0 Å². The van der Waals surface area contributed by atoms with Crippen LogP contribution in [0.25, 0.3) is 21.5 Å². The summed E-state index contributed by atoms with van der Waals surface area (Å²) in [6.45, 7) is 1.52. The SMILES string of the molecule is C[C@@H](OC(=O)c1c2ccccc2cc2ccccc12)C(=O)Nc1ccc(Cl)cc1Cl. The third-order valence-corrected chi connectivity index (χ3v) is 5.37. The average molecular weight is 438 g/mol. The molecule has 150 valence electrons. The van der Waals surface area contributed by atoms with Crippen molar-refractivity contribution >= 4 is 62.3 Å². The summed E-state index contributed by atoms with van der Waals surface area (Å²) in [4.78, 5) is 25.7. The lowest BCUT2D eigenvalue weighted by Gasteiger charge is -2.16. The molecular weight excluding hydrogens is 421 g/mol. The van der Waals surface area contributed by atoms with Crippen LogP contribution in [0.4, 0.5) is 5.69 Å². The van der Waals surface area contributed by atoms with Crippen molar-refractivity contribution in [3.05, 3.63) is 88.4 Å².